The lowest BCUT2D eigenvalue weighted by Gasteiger charge is -2.41. The topological polar surface area (TPSA) is 47.9 Å². The molecule has 1 aromatic carbocycles. The summed E-state index contributed by atoms with van der Waals surface area (Å²) >= 11 is 0. The van der Waals surface area contributed by atoms with Gasteiger partial charge in [-0.25, -0.2) is 8.57 Å². The Morgan fingerprint density at radius 2 is 1.85 bits per heavy atom. The first-order chi connectivity index (χ1) is 12.3. The van der Waals surface area contributed by atoms with E-state index in [0.717, 1.165) is 37.4 Å². The average molecular weight is 376 g/mol. The molecule has 1 unspecified atom stereocenters. The molecule has 1 spiro atoms. The minimum absolute atomic E-state index is 0.105. The average Bonchev–Trinajstić information content (AvgIpc) is 3.14. The van der Waals surface area contributed by atoms with E-state index in [9.17, 15) is 4.21 Å². The Balaban J connectivity index is 1.46. The molecule has 26 heavy (non-hydrogen) atoms. The van der Waals surface area contributed by atoms with Crippen molar-refractivity contribution in [2.75, 3.05) is 26.0 Å². The quantitative estimate of drug-likeness (QED) is 0.741. The molecular weight excluding hydrogens is 346 g/mol. The maximum atomic E-state index is 13.3. The molecule has 3 aliphatic rings. The number of nitrogens with zero attached hydrogens (tertiary/aromatic N) is 1. The predicted molar refractivity (Wildman–Crippen MR) is 103 cm³/mol. The minimum atomic E-state index is -2.37. The van der Waals surface area contributed by atoms with Gasteiger partial charge in [-0.05, 0) is 30.4 Å². The van der Waals surface area contributed by atoms with Gasteiger partial charge in [-0.2, -0.15) is 0 Å². The first kappa shape index (κ1) is 18.2. The van der Waals surface area contributed by atoms with Crippen molar-refractivity contribution in [1.29, 1.82) is 0 Å². The van der Waals surface area contributed by atoms with Gasteiger partial charge < -0.3 is 9.47 Å². The molecule has 1 heterocycles. The summed E-state index contributed by atoms with van der Waals surface area (Å²) in [5.74, 6) is 1.18. The van der Waals surface area contributed by atoms with Crippen molar-refractivity contribution >= 4 is 9.73 Å². The lowest BCUT2D eigenvalue weighted by Crippen LogP contribution is -2.46. The number of fused-ring (bicyclic) bond motifs is 1. The summed E-state index contributed by atoms with van der Waals surface area (Å²) in [6.45, 7) is 5.89. The summed E-state index contributed by atoms with van der Waals surface area (Å²) in [5.41, 5.74) is 1.39. The Hall–Kier alpha value is -1.17. The molecular formula is C21H29NO3S. The van der Waals surface area contributed by atoms with Crippen LogP contribution in [0.25, 0.3) is 0 Å². The molecule has 2 aliphatic carbocycles. The summed E-state index contributed by atoms with van der Waals surface area (Å²) in [7, 11) is -0.702. The zero-order valence-electron chi connectivity index (χ0n) is 15.9. The van der Waals surface area contributed by atoms with E-state index in [0.29, 0.717) is 17.6 Å². The molecule has 3 atom stereocenters. The first-order valence-electron chi connectivity index (χ1n) is 9.49. The van der Waals surface area contributed by atoms with Gasteiger partial charge in [-0.3, -0.25) is 0 Å². The molecule has 0 amide bonds. The smallest absolute Gasteiger partial charge is 0.169 e. The molecule has 5 heteroatoms. The summed E-state index contributed by atoms with van der Waals surface area (Å²) in [5, 5.41) is 0. The van der Waals surface area contributed by atoms with Gasteiger partial charge in [0.1, 0.15) is 0 Å². The molecule has 1 aromatic rings. The van der Waals surface area contributed by atoms with Gasteiger partial charge in [-0.15, -0.1) is 0 Å². The number of benzene rings is 1. The number of hydrogen-bond donors (Lipinski definition) is 0. The van der Waals surface area contributed by atoms with E-state index in [1.807, 2.05) is 30.3 Å². The molecule has 0 N–H and O–H groups in total. The maximum Gasteiger partial charge on any atom is 0.169 e. The molecule has 4 nitrogen and oxygen atoms in total. The summed E-state index contributed by atoms with van der Waals surface area (Å²) in [4.78, 5) is 0.832. The van der Waals surface area contributed by atoms with E-state index in [-0.39, 0.29) is 11.2 Å². The molecule has 1 saturated heterocycles. The fourth-order valence-electron chi connectivity index (χ4n) is 4.50. The van der Waals surface area contributed by atoms with Crippen LogP contribution in [0.1, 0.15) is 33.1 Å². The summed E-state index contributed by atoms with van der Waals surface area (Å²) in [6, 6.07) is 9.66. The Morgan fingerprint density at radius 1 is 1.15 bits per heavy atom. The van der Waals surface area contributed by atoms with E-state index in [1.54, 1.807) is 7.05 Å². The Kier molecular flexibility index (Phi) is 4.53. The molecule has 0 radical (unpaired) electrons. The van der Waals surface area contributed by atoms with Crippen molar-refractivity contribution in [3.8, 4) is 0 Å². The zero-order valence-corrected chi connectivity index (χ0v) is 16.8. The summed E-state index contributed by atoms with van der Waals surface area (Å²) < 4.78 is 30.0. The van der Waals surface area contributed by atoms with Crippen molar-refractivity contribution in [3.63, 3.8) is 0 Å². The van der Waals surface area contributed by atoms with Crippen molar-refractivity contribution in [2.24, 2.45) is 21.6 Å². The predicted octanol–water partition coefficient (Wildman–Crippen LogP) is 4.27. The molecule has 0 bridgehead atoms. The fraction of sp³-hybridized carbons (Fsp3) is 0.619. The van der Waals surface area contributed by atoms with E-state index in [4.69, 9.17) is 9.47 Å². The van der Waals surface area contributed by atoms with Crippen LogP contribution in [-0.4, -0.2) is 36.0 Å². The number of ether oxygens (including phenoxy) is 2. The second kappa shape index (κ2) is 6.47. The van der Waals surface area contributed by atoms with Crippen molar-refractivity contribution in [3.05, 3.63) is 42.0 Å². The summed E-state index contributed by atoms with van der Waals surface area (Å²) in [6.07, 6.45) is 5.19. The van der Waals surface area contributed by atoms with Crippen molar-refractivity contribution < 1.29 is 13.7 Å². The van der Waals surface area contributed by atoms with Crippen molar-refractivity contribution in [2.45, 2.75) is 43.8 Å². The molecule has 4 rings (SSSR count). The lowest BCUT2D eigenvalue weighted by atomic mass is 9.94. The Morgan fingerprint density at radius 3 is 2.46 bits per heavy atom. The van der Waals surface area contributed by atoms with Crippen LogP contribution in [0.15, 0.2) is 51.2 Å². The van der Waals surface area contributed by atoms with Crippen LogP contribution in [0.3, 0.4) is 0 Å². The highest BCUT2D eigenvalue weighted by Crippen LogP contribution is 2.52. The number of hydrogen-bond acceptors (Lipinski definition) is 4. The third-order valence-electron chi connectivity index (χ3n) is 5.94. The van der Waals surface area contributed by atoms with E-state index >= 15 is 0 Å². The number of allylic oxidation sites excluding steroid dienone is 1. The van der Waals surface area contributed by atoms with Crippen molar-refractivity contribution in [1.82, 2.24) is 0 Å². The SMILES string of the molecule is CN=S(=O)(CC1=C[C@H]2CC3(C[C@H]2C1)OCC(C)(C)CO3)c1ccccc1. The Labute approximate surface area is 157 Å². The molecule has 1 aliphatic heterocycles. The molecule has 0 aromatic heterocycles. The normalized spacial score (nSPS) is 31.3. The zero-order chi connectivity index (χ0) is 18.4. The van der Waals surface area contributed by atoms with Crippen LogP contribution in [-0.2, 0) is 19.2 Å². The highest BCUT2D eigenvalue weighted by atomic mass is 32.2. The largest absolute Gasteiger partial charge is 0.349 e. The minimum Gasteiger partial charge on any atom is -0.349 e. The monoisotopic (exact) mass is 375 g/mol. The van der Waals surface area contributed by atoms with Crippen LogP contribution in [0.4, 0.5) is 0 Å². The van der Waals surface area contributed by atoms with Crippen LogP contribution in [0, 0.1) is 17.3 Å². The second-order valence-electron chi connectivity index (χ2n) is 8.79. The molecule has 2 fully saturated rings. The Bertz CT molecular complexity index is 811. The standard InChI is InChI=1S/C21H29NO3S/c1-20(2)14-24-21(25-15-20)11-17-9-16(10-18(17)12-21)13-26(23,22-3)19-7-5-4-6-8-19/h4-9,17-18H,10-15H2,1-3H3/t17-,18+,26?/m0/s1. The fourth-order valence-corrected chi connectivity index (χ4v) is 6.31. The number of rotatable bonds is 3. The highest BCUT2D eigenvalue weighted by Gasteiger charge is 2.51. The van der Waals surface area contributed by atoms with Gasteiger partial charge in [0.2, 0.25) is 0 Å². The van der Waals surface area contributed by atoms with Gasteiger partial charge in [0.25, 0.3) is 0 Å². The highest BCUT2D eigenvalue weighted by molar-refractivity contribution is 7.93. The molecule has 142 valence electrons. The maximum absolute atomic E-state index is 13.3. The van der Waals surface area contributed by atoms with E-state index < -0.39 is 9.73 Å². The third kappa shape index (κ3) is 3.37. The van der Waals surface area contributed by atoms with Gasteiger partial charge >= 0.3 is 0 Å². The van der Waals surface area contributed by atoms with Crippen LogP contribution < -0.4 is 0 Å². The lowest BCUT2D eigenvalue weighted by molar-refractivity contribution is -0.296. The molecule has 1 saturated carbocycles. The second-order valence-corrected chi connectivity index (χ2v) is 11.2. The first-order valence-corrected chi connectivity index (χ1v) is 11.2. The van der Waals surface area contributed by atoms with Gasteiger partial charge in [-0.1, -0.05) is 43.7 Å². The van der Waals surface area contributed by atoms with Crippen LogP contribution in [0.5, 0.6) is 0 Å². The van der Waals surface area contributed by atoms with Gasteiger partial charge in [0.05, 0.1) is 28.7 Å². The van der Waals surface area contributed by atoms with Crippen LogP contribution >= 0.6 is 0 Å². The van der Waals surface area contributed by atoms with Crippen LogP contribution in [0.2, 0.25) is 0 Å². The van der Waals surface area contributed by atoms with Gasteiger partial charge in [0, 0.05) is 30.2 Å². The van der Waals surface area contributed by atoms with E-state index in [2.05, 4.69) is 24.3 Å². The third-order valence-corrected chi connectivity index (χ3v) is 8.30. The van der Waals surface area contributed by atoms with E-state index in [1.165, 1.54) is 5.57 Å². The van der Waals surface area contributed by atoms with Gasteiger partial charge in [0.15, 0.2) is 5.79 Å².